The molecular weight excluding hydrogens is 506 g/mol. The Bertz CT molecular complexity index is 1290. The lowest BCUT2D eigenvalue weighted by Gasteiger charge is -2.29. The average molecular weight is 546 g/mol. The van der Waals surface area contributed by atoms with Crippen molar-refractivity contribution in [2.75, 3.05) is 13.1 Å². The number of hydrogen-bond donors (Lipinski definition) is 4. The van der Waals surface area contributed by atoms with Crippen molar-refractivity contribution in [2.45, 2.75) is 58.0 Å². The maximum absolute atomic E-state index is 13.1. The number of aromatic amines is 1. The number of nitrogens with two attached hydrogens (primary N) is 1. The van der Waals surface area contributed by atoms with Crippen molar-refractivity contribution in [1.82, 2.24) is 20.6 Å². The first-order valence-electron chi connectivity index (χ1n) is 13.8. The van der Waals surface area contributed by atoms with Crippen LogP contribution in [0.3, 0.4) is 0 Å². The van der Waals surface area contributed by atoms with Crippen LogP contribution in [0.25, 0.3) is 11.3 Å². The normalized spacial score (nSPS) is 18.0. The highest BCUT2D eigenvalue weighted by Crippen LogP contribution is 2.30. The van der Waals surface area contributed by atoms with Gasteiger partial charge in [0.2, 0.25) is 11.8 Å². The zero-order chi connectivity index (χ0) is 28.7. The van der Waals surface area contributed by atoms with Gasteiger partial charge in [-0.15, -0.1) is 0 Å². The number of amides is 3. The molecule has 1 heterocycles. The molecule has 4 rings (SSSR count). The van der Waals surface area contributed by atoms with E-state index in [1.807, 2.05) is 63.2 Å². The van der Waals surface area contributed by atoms with Gasteiger partial charge in [0.1, 0.15) is 11.4 Å². The molecule has 9 heteroatoms. The van der Waals surface area contributed by atoms with Gasteiger partial charge >= 0.3 is 6.09 Å². The van der Waals surface area contributed by atoms with Crippen molar-refractivity contribution in [3.8, 4) is 11.3 Å². The number of benzene rings is 2. The summed E-state index contributed by atoms with van der Waals surface area (Å²) in [5.41, 5.74) is 8.03. The topological polar surface area (TPSA) is 139 Å². The molecule has 0 saturated heterocycles. The molecule has 0 aliphatic heterocycles. The summed E-state index contributed by atoms with van der Waals surface area (Å²) in [5, 5.41) is 6.03. The van der Waals surface area contributed by atoms with Crippen molar-refractivity contribution in [2.24, 2.45) is 17.6 Å². The van der Waals surface area contributed by atoms with Gasteiger partial charge < -0.3 is 26.1 Å². The number of H-pyrrole nitrogens is 1. The van der Waals surface area contributed by atoms with Crippen LogP contribution in [0.5, 0.6) is 0 Å². The first kappa shape index (κ1) is 28.9. The molecule has 0 bridgehead atoms. The second-order valence-corrected chi connectivity index (χ2v) is 11.4. The standard InChI is InChI=1S/C31H39N5O4/c1-31(2,3)40-30(39)35-17-20-9-11-24(12-10-20)29(38)34-18-25(21-7-5-4-6-8-21)28-33-19-26(36-28)22-13-15-23(16-14-22)27(32)37/h4-8,13-16,19-20,24-25H,9-12,17-18H2,1-3H3,(H2,32,37)(H,33,36)(H,34,38)(H,35,39). The number of imidazole rings is 1. The van der Waals surface area contributed by atoms with Crippen LogP contribution in [0.15, 0.2) is 60.8 Å². The lowest BCUT2D eigenvalue weighted by Crippen LogP contribution is -2.39. The lowest BCUT2D eigenvalue weighted by atomic mass is 9.81. The van der Waals surface area contributed by atoms with Gasteiger partial charge in [-0.25, -0.2) is 9.78 Å². The third kappa shape index (κ3) is 7.94. The average Bonchev–Trinajstić information content (AvgIpc) is 3.42. The van der Waals surface area contributed by atoms with Crippen LogP contribution in [0.2, 0.25) is 0 Å². The Morgan fingerprint density at radius 1 is 1.00 bits per heavy atom. The van der Waals surface area contributed by atoms with Crippen LogP contribution in [-0.4, -0.2) is 46.6 Å². The van der Waals surface area contributed by atoms with E-state index in [1.54, 1.807) is 18.3 Å². The number of hydrogen-bond acceptors (Lipinski definition) is 5. The molecule has 0 radical (unpaired) electrons. The van der Waals surface area contributed by atoms with E-state index in [4.69, 9.17) is 10.5 Å². The van der Waals surface area contributed by atoms with E-state index >= 15 is 0 Å². The third-order valence-corrected chi connectivity index (χ3v) is 7.24. The van der Waals surface area contributed by atoms with Crippen LogP contribution in [0.4, 0.5) is 4.79 Å². The van der Waals surface area contributed by atoms with Gasteiger partial charge in [0.05, 0.1) is 17.8 Å². The second-order valence-electron chi connectivity index (χ2n) is 11.4. The Labute approximate surface area is 235 Å². The quantitative estimate of drug-likeness (QED) is 0.307. The molecule has 1 atom stereocenters. The van der Waals surface area contributed by atoms with Crippen molar-refractivity contribution >= 4 is 17.9 Å². The fraction of sp³-hybridized carbons (Fsp3) is 0.419. The summed E-state index contributed by atoms with van der Waals surface area (Å²) in [6.45, 7) is 6.50. The van der Waals surface area contributed by atoms with Gasteiger partial charge in [-0.1, -0.05) is 42.5 Å². The first-order valence-corrected chi connectivity index (χ1v) is 13.8. The van der Waals surface area contributed by atoms with E-state index < -0.39 is 17.6 Å². The molecule has 1 unspecified atom stereocenters. The smallest absolute Gasteiger partial charge is 0.407 e. The van der Waals surface area contributed by atoms with E-state index in [9.17, 15) is 14.4 Å². The lowest BCUT2D eigenvalue weighted by molar-refractivity contribution is -0.126. The van der Waals surface area contributed by atoms with Gasteiger partial charge in [0.25, 0.3) is 0 Å². The molecule has 3 amide bonds. The highest BCUT2D eigenvalue weighted by atomic mass is 16.6. The first-order chi connectivity index (χ1) is 19.1. The third-order valence-electron chi connectivity index (χ3n) is 7.24. The maximum Gasteiger partial charge on any atom is 0.407 e. The summed E-state index contributed by atoms with van der Waals surface area (Å²) in [6.07, 6.45) is 4.70. The molecule has 40 heavy (non-hydrogen) atoms. The molecule has 3 aromatic rings. The second kappa shape index (κ2) is 12.8. The van der Waals surface area contributed by atoms with Crippen molar-refractivity contribution < 1.29 is 19.1 Å². The molecule has 1 aromatic heterocycles. The minimum atomic E-state index is -0.521. The van der Waals surface area contributed by atoms with Crippen molar-refractivity contribution in [3.05, 3.63) is 77.7 Å². The molecule has 9 nitrogen and oxygen atoms in total. The molecule has 212 valence electrons. The van der Waals surface area contributed by atoms with E-state index in [-0.39, 0.29) is 17.7 Å². The highest BCUT2D eigenvalue weighted by molar-refractivity contribution is 5.93. The molecule has 1 fully saturated rings. The van der Waals surface area contributed by atoms with Gasteiger partial charge in [-0.2, -0.15) is 0 Å². The van der Waals surface area contributed by atoms with E-state index in [0.29, 0.717) is 24.6 Å². The molecule has 0 spiro atoms. The Morgan fingerprint density at radius 2 is 1.68 bits per heavy atom. The Hall–Kier alpha value is -4.14. The number of nitrogens with zero attached hydrogens (tertiary/aromatic N) is 1. The summed E-state index contributed by atoms with van der Waals surface area (Å²) in [6, 6.07) is 17.0. The summed E-state index contributed by atoms with van der Waals surface area (Å²) in [5.74, 6) is 0.462. The summed E-state index contributed by atoms with van der Waals surface area (Å²) < 4.78 is 5.32. The Kier molecular flexibility index (Phi) is 9.24. The minimum absolute atomic E-state index is 0.0494. The maximum atomic E-state index is 13.1. The fourth-order valence-corrected chi connectivity index (χ4v) is 5.05. The number of rotatable bonds is 9. The summed E-state index contributed by atoms with van der Waals surface area (Å²) in [7, 11) is 0. The van der Waals surface area contributed by atoms with Gasteiger partial charge in [-0.05, 0) is 75.6 Å². The molecule has 1 aliphatic carbocycles. The number of carbonyl (C=O) groups excluding carboxylic acids is 3. The van der Waals surface area contributed by atoms with Crippen LogP contribution >= 0.6 is 0 Å². The Morgan fingerprint density at radius 3 is 2.30 bits per heavy atom. The van der Waals surface area contributed by atoms with Crippen LogP contribution in [0, 0.1) is 11.8 Å². The van der Waals surface area contributed by atoms with Crippen molar-refractivity contribution in [3.63, 3.8) is 0 Å². The van der Waals surface area contributed by atoms with Gasteiger partial charge in [0.15, 0.2) is 0 Å². The SMILES string of the molecule is CC(C)(C)OC(=O)NCC1CCC(C(=O)NCC(c2ccccc2)c2ncc(-c3ccc(C(N)=O)cc3)[nH]2)CC1. The van der Waals surface area contributed by atoms with Gasteiger partial charge in [-0.3, -0.25) is 9.59 Å². The molecule has 5 N–H and O–H groups in total. The summed E-state index contributed by atoms with van der Waals surface area (Å²) >= 11 is 0. The number of primary amides is 1. The minimum Gasteiger partial charge on any atom is -0.444 e. The number of alkyl carbamates (subject to hydrolysis) is 1. The largest absolute Gasteiger partial charge is 0.444 e. The predicted molar refractivity (Wildman–Crippen MR) is 154 cm³/mol. The van der Waals surface area contributed by atoms with Crippen LogP contribution < -0.4 is 16.4 Å². The predicted octanol–water partition coefficient (Wildman–Crippen LogP) is 4.75. The van der Waals surface area contributed by atoms with Crippen LogP contribution in [-0.2, 0) is 9.53 Å². The number of carbonyl (C=O) groups is 3. The highest BCUT2D eigenvalue weighted by Gasteiger charge is 2.28. The van der Waals surface area contributed by atoms with Crippen molar-refractivity contribution in [1.29, 1.82) is 0 Å². The van der Waals surface area contributed by atoms with E-state index in [2.05, 4.69) is 20.6 Å². The molecular formula is C31H39N5O4. The molecule has 2 aromatic carbocycles. The number of nitrogens with one attached hydrogen (secondary N) is 3. The van der Waals surface area contributed by atoms with E-state index in [0.717, 1.165) is 48.3 Å². The summed E-state index contributed by atoms with van der Waals surface area (Å²) in [4.78, 5) is 44.5. The van der Waals surface area contributed by atoms with E-state index in [1.165, 1.54) is 0 Å². The Balaban J connectivity index is 1.34. The number of aromatic nitrogens is 2. The fourth-order valence-electron chi connectivity index (χ4n) is 5.05. The van der Waals surface area contributed by atoms with Crippen LogP contribution in [0.1, 0.15) is 74.1 Å². The number of ether oxygens (including phenoxy) is 1. The van der Waals surface area contributed by atoms with Gasteiger partial charge in [0, 0.05) is 24.6 Å². The zero-order valence-corrected chi connectivity index (χ0v) is 23.4. The zero-order valence-electron chi connectivity index (χ0n) is 23.4. The molecule has 1 saturated carbocycles. The molecule has 1 aliphatic rings. The monoisotopic (exact) mass is 545 g/mol.